The topological polar surface area (TPSA) is 233 Å². The number of hydrogen-bond donors (Lipinski definition) is 6. The number of nitrogens with two attached hydrogens (primary N) is 1. The molecule has 7 N–H and O–H groups in total. The lowest BCUT2D eigenvalue weighted by atomic mass is 9.85. The Balaban J connectivity index is 0.000000207. The van der Waals surface area contributed by atoms with Gasteiger partial charge in [0.2, 0.25) is 23.6 Å². The fourth-order valence-corrected chi connectivity index (χ4v) is 11.2. The molecule has 0 aromatic heterocycles. The second-order valence-corrected chi connectivity index (χ2v) is 24.9. The van der Waals surface area contributed by atoms with E-state index in [1.54, 1.807) is 53.8 Å². The van der Waals surface area contributed by atoms with E-state index in [0.29, 0.717) is 36.1 Å². The lowest BCUT2D eigenvalue weighted by Gasteiger charge is -2.37. The third kappa shape index (κ3) is 14.7. The van der Waals surface area contributed by atoms with Gasteiger partial charge in [0.25, 0.3) is 5.91 Å². The summed E-state index contributed by atoms with van der Waals surface area (Å²) in [5, 5.41) is 25.0. The number of carbonyl (C=O) groups is 7. The average Bonchev–Trinajstić information content (AvgIpc) is 4.23. The Bertz CT molecular complexity index is 2820. The smallest absolute Gasteiger partial charge is 0.410 e. The van der Waals surface area contributed by atoms with E-state index in [9.17, 15) is 33.6 Å². The number of carboxylic acids is 1. The number of rotatable bonds is 11. The molecule has 8 rings (SSSR count). The molecule has 17 heteroatoms. The summed E-state index contributed by atoms with van der Waals surface area (Å²) in [6, 6.07) is 23.9. The molecule has 424 valence electrons. The van der Waals surface area contributed by atoms with Crippen molar-refractivity contribution in [2.75, 3.05) is 27.2 Å². The quantitative estimate of drug-likeness (QED) is 0.0851. The van der Waals surface area contributed by atoms with Gasteiger partial charge in [0, 0.05) is 43.8 Å². The van der Waals surface area contributed by atoms with Crippen molar-refractivity contribution in [1.29, 1.82) is 0 Å². The number of likely N-dealkylation sites (tertiary alicyclic amines) is 2. The molecule has 6 unspecified atom stereocenters. The molecule has 6 amide bonds. The van der Waals surface area contributed by atoms with E-state index in [2.05, 4.69) is 21.3 Å². The number of hydrogen-bond acceptors (Lipinski definition) is 10. The molecule has 0 spiro atoms. The van der Waals surface area contributed by atoms with Crippen LogP contribution in [-0.2, 0) is 23.9 Å². The first-order valence-corrected chi connectivity index (χ1v) is 27.6. The molecule has 2 heterocycles. The number of nitrogens with one attached hydrogen (secondary N) is 4. The zero-order valence-electron chi connectivity index (χ0n) is 48.1. The van der Waals surface area contributed by atoms with Gasteiger partial charge in [0.1, 0.15) is 23.7 Å². The Morgan fingerprint density at radius 3 is 1.59 bits per heavy atom. The molecule has 2 aliphatic carbocycles. The number of likely N-dealkylation sites (N-methyl/N-ethyl adjacent to an activating group) is 2. The van der Waals surface area contributed by atoms with Gasteiger partial charge in [-0.05, 0) is 149 Å². The van der Waals surface area contributed by atoms with Crippen LogP contribution in [0.25, 0.3) is 21.5 Å². The first-order chi connectivity index (χ1) is 36.5. The Kier molecular flexibility index (Phi) is 19.5. The average molecular weight is 1080 g/mol. The fraction of sp³-hybridized carbons (Fsp3) is 0.557. The van der Waals surface area contributed by atoms with Crippen molar-refractivity contribution in [2.45, 2.75) is 169 Å². The highest BCUT2D eigenvalue weighted by Gasteiger charge is 2.50. The molecule has 0 radical (unpaired) electrons. The van der Waals surface area contributed by atoms with E-state index in [0.717, 1.165) is 60.1 Å². The van der Waals surface area contributed by atoms with Crippen LogP contribution in [-0.4, -0.2) is 143 Å². The van der Waals surface area contributed by atoms with Gasteiger partial charge in [-0.1, -0.05) is 102 Å². The first-order valence-electron chi connectivity index (χ1n) is 27.6. The predicted molar refractivity (Wildman–Crippen MR) is 305 cm³/mol. The minimum Gasteiger partial charge on any atom is -0.478 e. The molecule has 2 saturated carbocycles. The summed E-state index contributed by atoms with van der Waals surface area (Å²) in [6.45, 7) is 21.8. The van der Waals surface area contributed by atoms with Gasteiger partial charge in [-0.2, -0.15) is 0 Å². The Hall–Kier alpha value is -6.59. The van der Waals surface area contributed by atoms with Gasteiger partial charge in [0.15, 0.2) is 0 Å². The van der Waals surface area contributed by atoms with Crippen molar-refractivity contribution in [2.24, 2.45) is 28.4 Å². The summed E-state index contributed by atoms with van der Waals surface area (Å²) >= 11 is 0. The van der Waals surface area contributed by atoms with E-state index in [4.69, 9.17) is 15.6 Å². The van der Waals surface area contributed by atoms with Gasteiger partial charge in [-0.3, -0.25) is 28.9 Å². The van der Waals surface area contributed by atoms with Crippen molar-refractivity contribution in [3.05, 3.63) is 96.1 Å². The number of fused-ring (bicyclic) bond motifs is 4. The Labute approximate surface area is 461 Å². The van der Waals surface area contributed by atoms with Crippen molar-refractivity contribution in [1.82, 2.24) is 36.0 Å². The summed E-state index contributed by atoms with van der Waals surface area (Å²) < 4.78 is 5.35. The second-order valence-electron chi connectivity index (χ2n) is 24.9. The fourth-order valence-electron chi connectivity index (χ4n) is 11.2. The zero-order valence-corrected chi connectivity index (χ0v) is 48.1. The molecule has 0 bridgehead atoms. The summed E-state index contributed by atoms with van der Waals surface area (Å²) in [7, 11) is 3.25. The standard InChI is InChI=1S/C28H38N4O3.C22H40N4O4.C11H8O2/c1-17(29-5)25(33)31-24(28(2,3)4)27(35)32-15-14-19-12-13-22(23(19)32)30-26(34)21-11-10-18-8-6-7-9-20(18)16-21;1-13(25(8)20(29)30-22(5,6)7)18(27)24-17(21(2,3)4)19(28)26-12-11-14-9-10-15(23)16(14)26;12-11(13)10-6-5-8-3-1-2-4-9(8)7-10/h6-11,16-17,19,22-24,29H,12-15H2,1-5H3,(H,30,34)(H,31,33);13-17H,9-12,23H2,1-8H3,(H,24,27);1-7H,(H,12,13)/t17-,19?,22?,23?,24+;13-,14?,15?,16?,17+;/m00./s1. The van der Waals surface area contributed by atoms with Crippen LogP contribution in [0.1, 0.15) is 135 Å². The summed E-state index contributed by atoms with van der Waals surface area (Å²) in [6.07, 6.45) is 5.14. The summed E-state index contributed by atoms with van der Waals surface area (Å²) in [4.78, 5) is 94.1. The van der Waals surface area contributed by atoms with Gasteiger partial charge in [-0.15, -0.1) is 0 Å². The molecule has 17 nitrogen and oxygen atoms in total. The van der Waals surface area contributed by atoms with Gasteiger partial charge in [-0.25, -0.2) is 9.59 Å². The Morgan fingerprint density at radius 2 is 1.09 bits per heavy atom. The third-order valence-corrected chi connectivity index (χ3v) is 15.9. The van der Waals surface area contributed by atoms with Gasteiger partial charge in [0.05, 0.1) is 17.6 Å². The molecule has 4 aromatic carbocycles. The van der Waals surface area contributed by atoms with Crippen molar-refractivity contribution >= 4 is 63.1 Å². The molecule has 4 aliphatic rings. The molecule has 4 aromatic rings. The van der Waals surface area contributed by atoms with E-state index in [1.807, 2.05) is 124 Å². The molecule has 2 saturated heterocycles. The van der Waals surface area contributed by atoms with Crippen LogP contribution in [0, 0.1) is 22.7 Å². The van der Waals surface area contributed by atoms with E-state index >= 15 is 0 Å². The van der Waals surface area contributed by atoms with E-state index in [1.165, 1.54) is 11.9 Å². The lowest BCUT2D eigenvalue weighted by molar-refractivity contribution is -0.141. The van der Waals surface area contributed by atoms with E-state index in [-0.39, 0.29) is 59.7 Å². The highest BCUT2D eigenvalue weighted by atomic mass is 16.6. The van der Waals surface area contributed by atoms with Crippen LogP contribution in [0.2, 0.25) is 0 Å². The number of nitrogens with zero attached hydrogens (tertiary/aromatic N) is 3. The lowest BCUT2D eigenvalue weighted by Crippen LogP contribution is -2.60. The highest BCUT2D eigenvalue weighted by Crippen LogP contribution is 2.41. The molecule has 10 atom stereocenters. The van der Waals surface area contributed by atoms with Crippen LogP contribution in [0.15, 0.2) is 84.9 Å². The number of ether oxygens (including phenoxy) is 1. The number of aromatic carboxylic acids is 1. The largest absolute Gasteiger partial charge is 0.478 e. The molecular formula is C61H86N8O9. The van der Waals surface area contributed by atoms with Crippen molar-refractivity contribution in [3.8, 4) is 0 Å². The van der Waals surface area contributed by atoms with Crippen molar-refractivity contribution < 1.29 is 43.4 Å². The normalized spacial score (nSPS) is 22.3. The van der Waals surface area contributed by atoms with Crippen LogP contribution in [0.4, 0.5) is 4.79 Å². The maximum absolute atomic E-state index is 13.8. The van der Waals surface area contributed by atoms with E-state index < -0.39 is 46.6 Å². The highest BCUT2D eigenvalue weighted by molar-refractivity contribution is 5.99. The monoisotopic (exact) mass is 1070 g/mol. The van der Waals surface area contributed by atoms with Crippen LogP contribution in [0.5, 0.6) is 0 Å². The number of carboxylic acid groups (broad SMARTS) is 1. The maximum atomic E-state index is 13.8. The summed E-state index contributed by atoms with van der Waals surface area (Å²) in [5.74, 6) is -0.894. The SMILES string of the molecule is CN[C@@H](C)C(=O)N[C@H](C(=O)N1CCC2CCC(NC(=O)c3ccc4ccccc4c3)C21)C(C)(C)C.C[C@@H](C(=O)N[C@H](C(=O)N1CCC2CCC(N)C21)C(C)(C)C)N(C)C(=O)OC(C)(C)C.O=C(O)c1ccc2ccccc2c1. The van der Waals surface area contributed by atoms with Gasteiger partial charge >= 0.3 is 12.1 Å². The predicted octanol–water partition coefficient (Wildman–Crippen LogP) is 7.74. The number of benzene rings is 4. The zero-order chi connectivity index (χ0) is 57.6. The first kappa shape index (κ1) is 60.6. The molecule has 4 fully saturated rings. The van der Waals surface area contributed by atoms with Crippen LogP contribution in [0.3, 0.4) is 0 Å². The molecule has 78 heavy (non-hydrogen) atoms. The minimum absolute atomic E-state index is 0.00463. The molecule has 2 aliphatic heterocycles. The number of carbonyl (C=O) groups excluding carboxylic acids is 6. The minimum atomic E-state index is -0.884. The van der Waals surface area contributed by atoms with Crippen LogP contribution < -0.4 is 27.0 Å². The van der Waals surface area contributed by atoms with Crippen molar-refractivity contribution in [3.63, 3.8) is 0 Å². The number of amides is 6. The maximum Gasteiger partial charge on any atom is 0.410 e. The van der Waals surface area contributed by atoms with Gasteiger partial charge < -0.3 is 46.6 Å². The molecular weight excluding hydrogens is 989 g/mol. The van der Waals surface area contributed by atoms with Crippen LogP contribution >= 0.6 is 0 Å². The third-order valence-electron chi connectivity index (χ3n) is 15.9. The second kappa shape index (κ2) is 25.0. The summed E-state index contributed by atoms with van der Waals surface area (Å²) in [5.41, 5.74) is 5.66. The Morgan fingerprint density at radius 1 is 0.628 bits per heavy atom.